The van der Waals surface area contributed by atoms with Gasteiger partial charge in [0.25, 0.3) is 0 Å². The van der Waals surface area contributed by atoms with E-state index in [-0.39, 0.29) is 24.8 Å². The fraction of sp³-hybridized carbons (Fsp3) is 0.267. The first-order valence-corrected chi connectivity index (χ1v) is 13.5. The van der Waals surface area contributed by atoms with Crippen LogP contribution in [0.5, 0.6) is 5.75 Å². The Labute approximate surface area is 232 Å². The van der Waals surface area contributed by atoms with Gasteiger partial charge in [0, 0.05) is 12.1 Å². The van der Waals surface area contributed by atoms with E-state index in [1.165, 1.54) is 11.8 Å². The van der Waals surface area contributed by atoms with E-state index in [2.05, 4.69) is 5.32 Å². The fourth-order valence-corrected chi connectivity index (χ4v) is 5.17. The van der Waals surface area contributed by atoms with E-state index >= 15 is 0 Å². The number of carbonyl (C=O) groups excluding carboxylic acids is 3. The molecular formula is C30H31N3O5S. The number of hydrogen-bond donors (Lipinski definition) is 1. The van der Waals surface area contributed by atoms with Gasteiger partial charge in [0.05, 0.1) is 31.5 Å². The zero-order valence-corrected chi connectivity index (χ0v) is 23.2. The number of methoxy groups -OCH3 is 1. The van der Waals surface area contributed by atoms with Crippen molar-refractivity contribution in [1.82, 2.24) is 4.90 Å². The van der Waals surface area contributed by atoms with Crippen LogP contribution in [0, 0.1) is 13.8 Å². The Kier molecular flexibility index (Phi) is 9.03. The lowest BCUT2D eigenvalue weighted by Gasteiger charge is -2.32. The molecule has 2 amide bonds. The molecule has 1 N–H and O–H groups in total. The normalized spacial score (nSPS) is 16.2. The van der Waals surface area contributed by atoms with Crippen molar-refractivity contribution in [2.75, 3.05) is 19.0 Å². The summed E-state index contributed by atoms with van der Waals surface area (Å²) in [5.41, 5.74) is 4.63. The van der Waals surface area contributed by atoms with Crippen LogP contribution in [0.25, 0.3) is 0 Å². The van der Waals surface area contributed by atoms with Gasteiger partial charge in [0.2, 0.25) is 11.8 Å². The van der Waals surface area contributed by atoms with Crippen LogP contribution < -0.4 is 10.1 Å². The molecule has 0 spiro atoms. The second kappa shape index (κ2) is 12.6. The van der Waals surface area contributed by atoms with Crippen LogP contribution in [-0.2, 0) is 20.9 Å². The van der Waals surface area contributed by atoms with Crippen molar-refractivity contribution in [2.45, 2.75) is 39.0 Å². The van der Waals surface area contributed by atoms with Gasteiger partial charge in [-0.05, 0) is 74.4 Å². The van der Waals surface area contributed by atoms with Crippen LogP contribution in [0.4, 0.5) is 11.4 Å². The third-order valence-electron chi connectivity index (χ3n) is 6.17. The third-order valence-corrected chi connectivity index (χ3v) is 7.36. The minimum Gasteiger partial charge on any atom is -0.497 e. The Hall–Kier alpha value is -4.11. The summed E-state index contributed by atoms with van der Waals surface area (Å²) in [4.78, 5) is 45.0. The van der Waals surface area contributed by atoms with E-state index < -0.39 is 11.2 Å². The minimum atomic E-state index is -0.650. The molecule has 0 radical (unpaired) electrons. The lowest BCUT2D eigenvalue weighted by atomic mass is 10.1. The van der Waals surface area contributed by atoms with Crippen LogP contribution in [-0.4, -0.2) is 46.8 Å². The summed E-state index contributed by atoms with van der Waals surface area (Å²) in [6, 6.07) is 19.9. The quantitative estimate of drug-likeness (QED) is 0.368. The maximum Gasteiger partial charge on any atom is 0.338 e. The summed E-state index contributed by atoms with van der Waals surface area (Å²) in [6.45, 7) is 6.26. The number of nitrogens with one attached hydrogen (secondary N) is 1. The molecule has 39 heavy (non-hydrogen) atoms. The monoisotopic (exact) mass is 545 g/mol. The van der Waals surface area contributed by atoms with E-state index in [1.54, 1.807) is 43.2 Å². The second-order valence-corrected chi connectivity index (χ2v) is 10.3. The molecule has 8 nitrogen and oxygen atoms in total. The van der Waals surface area contributed by atoms with Gasteiger partial charge >= 0.3 is 5.97 Å². The number of amides is 2. The Morgan fingerprint density at radius 1 is 1.05 bits per heavy atom. The summed E-state index contributed by atoms with van der Waals surface area (Å²) >= 11 is 1.25. The zero-order valence-electron chi connectivity index (χ0n) is 22.4. The number of aliphatic imine (C=N–C) groups is 1. The number of anilines is 1. The first kappa shape index (κ1) is 27.9. The molecule has 3 aromatic carbocycles. The molecule has 1 heterocycles. The van der Waals surface area contributed by atoms with Gasteiger partial charge < -0.3 is 14.8 Å². The molecule has 1 fully saturated rings. The maximum atomic E-state index is 13.4. The van der Waals surface area contributed by atoms with Crippen molar-refractivity contribution in [3.05, 3.63) is 89.0 Å². The van der Waals surface area contributed by atoms with Crippen molar-refractivity contribution in [2.24, 2.45) is 4.99 Å². The molecule has 1 unspecified atom stereocenters. The predicted octanol–water partition coefficient (Wildman–Crippen LogP) is 5.65. The number of aryl methyl sites for hydroxylation is 2. The Morgan fingerprint density at radius 3 is 2.41 bits per heavy atom. The molecule has 0 aromatic heterocycles. The topological polar surface area (TPSA) is 97.3 Å². The first-order valence-electron chi connectivity index (χ1n) is 12.6. The zero-order chi connectivity index (χ0) is 27.9. The van der Waals surface area contributed by atoms with Gasteiger partial charge in [0.1, 0.15) is 11.0 Å². The number of amidine groups is 1. The number of benzene rings is 3. The number of ether oxygens (including phenoxy) is 2. The number of carbonyl (C=O) groups is 3. The first-order chi connectivity index (χ1) is 18.8. The molecule has 0 bridgehead atoms. The fourth-order valence-electron chi connectivity index (χ4n) is 4.07. The molecule has 4 rings (SSSR count). The third kappa shape index (κ3) is 7.06. The van der Waals surface area contributed by atoms with Crippen molar-refractivity contribution < 1.29 is 23.9 Å². The van der Waals surface area contributed by atoms with Crippen LogP contribution in [0.3, 0.4) is 0 Å². The number of hydrogen-bond acceptors (Lipinski definition) is 7. The summed E-state index contributed by atoms with van der Waals surface area (Å²) < 4.78 is 10.3. The van der Waals surface area contributed by atoms with Crippen LogP contribution in [0.2, 0.25) is 0 Å². The Morgan fingerprint density at radius 2 is 1.77 bits per heavy atom. The number of thioether (sulfide) groups is 1. The highest BCUT2D eigenvalue weighted by atomic mass is 32.2. The number of nitrogens with zero attached hydrogens (tertiary/aromatic N) is 2. The molecule has 202 valence electrons. The number of rotatable bonds is 8. The van der Waals surface area contributed by atoms with Crippen LogP contribution in [0.1, 0.15) is 40.4 Å². The summed E-state index contributed by atoms with van der Waals surface area (Å²) in [5, 5.41) is 2.73. The Balaban J connectivity index is 1.60. The number of esters is 1. The van der Waals surface area contributed by atoms with Crippen molar-refractivity contribution in [3.8, 4) is 5.75 Å². The average molecular weight is 546 g/mol. The van der Waals surface area contributed by atoms with Gasteiger partial charge in [-0.3, -0.25) is 14.5 Å². The standard InChI is InChI=1S/C30H31N3O5S/c1-5-38-29(36)22-9-11-23(12-10-22)31-30-33(18-21-7-13-24(37-4)14-8-21)27(34)17-26(39-30)28(35)32-25-15-6-19(2)16-20(25)3/h6-16,26H,5,17-18H2,1-4H3,(H,32,35). The molecular weight excluding hydrogens is 514 g/mol. The molecule has 9 heteroatoms. The van der Waals surface area contributed by atoms with Gasteiger partial charge in [-0.1, -0.05) is 41.6 Å². The van der Waals surface area contributed by atoms with Gasteiger partial charge in [-0.2, -0.15) is 0 Å². The van der Waals surface area contributed by atoms with E-state index in [1.807, 2.05) is 56.3 Å². The molecule has 1 saturated heterocycles. The van der Waals surface area contributed by atoms with Crippen LogP contribution >= 0.6 is 11.8 Å². The maximum absolute atomic E-state index is 13.4. The lowest BCUT2D eigenvalue weighted by Crippen LogP contribution is -2.44. The van der Waals surface area contributed by atoms with E-state index in [9.17, 15) is 14.4 Å². The van der Waals surface area contributed by atoms with Crippen molar-refractivity contribution >= 4 is 46.1 Å². The van der Waals surface area contributed by atoms with Crippen molar-refractivity contribution in [1.29, 1.82) is 0 Å². The summed E-state index contributed by atoms with van der Waals surface area (Å²) in [5.74, 6) is -0.151. The highest BCUT2D eigenvalue weighted by molar-refractivity contribution is 8.15. The second-order valence-electron chi connectivity index (χ2n) is 9.11. The average Bonchev–Trinajstić information content (AvgIpc) is 2.92. The van der Waals surface area contributed by atoms with Gasteiger partial charge in [0.15, 0.2) is 5.17 Å². The van der Waals surface area contributed by atoms with E-state index in [0.29, 0.717) is 28.7 Å². The Bertz CT molecular complexity index is 1390. The highest BCUT2D eigenvalue weighted by Gasteiger charge is 2.36. The van der Waals surface area contributed by atoms with Gasteiger partial charge in [-0.25, -0.2) is 9.79 Å². The van der Waals surface area contributed by atoms with Gasteiger partial charge in [-0.15, -0.1) is 0 Å². The SMILES string of the molecule is CCOC(=O)c1ccc(N=C2SC(C(=O)Nc3ccc(C)cc3C)CC(=O)N2Cc2ccc(OC)cc2)cc1. The summed E-state index contributed by atoms with van der Waals surface area (Å²) in [7, 11) is 1.60. The minimum absolute atomic E-state index is 0.0401. The lowest BCUT2D eigenvalue weighted by molar-refractivity contribution is -0.129. The molecule has 1 aliphatic heterocycles. The summed E-state index contributed by atoms with van der Waals surface area (Å²) in [6.07, 6.45) is 0.0401. The molecule has 3 aromatic rings. The molecule has 1 aliphatic rings. The van der Waals surface area contributed by atoms with Crippen molar-refractivity contribution in [3.63, 3.8) is 0 Å². The highest BCUT2D eigenvalue weighted by Crippen LogP contribution is 2.32. The van der Waals surface area contributed by atoms with E-state index in [4.69, 9.17) is 14.5 Å². The smallest absolute Gasteiger partial charge is 0.338 e. The largest absolute Gasteiger partial charge is 0.497 e. The predicted molar refractivity (Wildman–Crippen MR) is 154 cm³/mol. The van der Waals surface area contributed by atoms with Crippen LogP contribution in [0.15, 0.2) is 71.7 Å². The molecule has 1 atom stereocenters. The molecule has 0 saturated carbocycles. The molecule has 0 aliphatic carbocycles. The van der Waals surface area contributed by atoms with E-state index in [0.717, 1.165) is 22.4 Å².